The van der Waals surface area contributed by atoms with Crippen LogP contribution in [0.4, 0.5) is 0 Å². The lowest BCUT2D eigenvalue weighted by Gasteiger charge is -2.42. The van der Waals surface area contributed by atoms with E-state index in [-0.39, 0.29) is 26.1 Å². The van der Waals surface area contributed by atoms with Gasteiger partial charge in [0.15, 0.2) is 18.7 Å². The zero-order valence-corrected chi connectivity index (χ0v) is 42.4. The molecule has 0 aromatic carbocycles. The monoisotopic (exact) mass is 975 g/mol. The van der Waals surface area contributed by atoms with E-state index in [9.17, 15) is 45.3 Å². The minimum absolute atomic E-state index is 0.171. The van der Waals surface area contributed by atoms with Crippen molar-refractivity contribution in [3.05, 3.63) is 12.2 Å². The number of unbranched alkanes of at least 4 members (excludes halogenated alkanes) is 27. The first-order valence-corrected chi connectivity index (χ1v) is 27.3. The summed E-state index contributed by atoms with van der Waals surface area (Å²) in [6.45, 7) is 2.60. The molecule has 15 nitrogen and oxygen atoms in total. The molecule has 0 aromatic heterocycles. The summed E-state index contributed by atoms with van der Waals surface area (Å²) in [6, 6.07) is 0. The van der Waals surface area contributed by atoms with E-state index < -0.39 is 92.7 Å². The number of aliphatic hydroxyl groups excluding tert-OH is 7. The molecule has 0 aromatic rings. The van der Waals surface area contributed by atoms with Crippen LogP contribution in [0.15, 0.2) is 12.2 Å². The molecule has 2 heterocycles. The van der Waals surface area contributed by atoms with Crippen molar-refractivity contribution in [3.63, 3.8) is 0 Å². The summed E-state index contributed by atoms with van der Waals surface area (Å²) < 4.78 is 33.6. The smallest absolute Gasteiger partial charge is 0.306 e. The molecule has 0 spiro atoms. The average Bonchev–Trinajstić information content (AvgIpc) is 3.33. The molecule has 2 aliphatic rings. The Kier molecular flexibility index (Phi) is 37.4. The standard InChI is InChI=1S/C53H98O15/c1-3-5-7-9-11-13-15-17-19-20-22-24-26-28-30-32-34-36-45(56)66-41(38-63-44(55)35-33-31-29-27-25-23-21-18-16-14-12-10-8-6-4-2)39-64-52-51(62)49(60)47(58)43(68-52)40-65-53-50(61)48(59)46(57)42(37-54)67-53/h10,12,41-43,46-54,57-62H,3-9,11,13-40H2,1-2H3/b12-10+/t41-,42+,43+,46-,47-,48?,49?,50?,51?,52+,53+/m1/s1. The maximum Gasteiger partial charge on any atom is 0.306 e. The molecule has 7 N–H and O–H groups in total. The van der Waals surface area contributed by atoms with Crippen molar-refractivity contribution in [2.45, 2.75) is 287 Å². The van der Waals surface area contributed by atoms with Crippen LogP contribution >= 0.6 is 0 Å². The average molecular weight is 975 g/mol. The Morgan fingerprint density at radius 3 is 1.34 bits per heavy atom. The topological polar surface area (TPSA) is 231 Å². The molecule has 4 unspecified atom stereocenters. The third-order valence-corrected chi connectivity index (χ3v) is 13.2. The molecule has 0 amide bonds. The van der Waals surface area contributed by atoms with Crippen molar-refractivity contribution in [1.29, 1.82) is 0 Å². The van der Waals surface area contributed by atoms with Gasteiger partial charge in [0, 0.05) is 12.8 Å². The van der Waals surface area contributed by atoms with E-state index in [0.717, 1.165) is 38.5 Å². The fourth-order valence-corrected chi connectivity index (χ4v) is 8.73. The van der Waals surface area contributed by atoms with Crippen LogP contribution in [0.5, 0.6) is 0 Å². The fraction of sp³-hybridized carbons (Fsp3) is 0.925. The minimum atomic E-state index is -1.76. The Labute approximate surface area is 410 Å². The molecule has 11 atom stereocenters. The van der Waals surface area contributed by atoms with Crippen LogP contribution in [0.2, 0.25) is 0 Å². The summed E-state index contributed by atoms with van der Waals surface area (Å²) in [4.78, 5) is 25.8. The van der Waals surface area contributed by atoms with Gasteiger partial charge in [0.2, 0.25) is 0 Å². The summed E-state index contributed by atoms with van der Waals surface area (Å²) in [5.41, 5.74) is 0. The number of carbonyl (C=O) groups excluding carboxylic acids is 2. The summed E-state index contributed by atoms with van der Waals surface area (Å²) >= 11 is 0. The Hall–Kier alpha value is -1.76. The molecule has 68 heavy (non-hydrogen) atoms. The SMILES string of the molecule is CCCC/C=C/CCCCCCCCCCCC(=O)OC[C@H](CO[C@H]1O[C@@H](CO[C@H]2O[C@@H](CO)[C@@H](O)C(O)C2O)[C@@H](O)C(O)C1O)OC(=O)CCCCCCCCCCCCCCCCCCC. The first-order valence-electron chi connectivity index (χ1n) is 27.3. The highest BCUT2D eigenvalue weighted by Crippen LogP contribution is 2.27. The molecule has 0 saturated carbocycles. The Morgan fingerprint density at radius 2 is 0.853 bits per heavy atom. The lowest BCUT2D eigenvalue weighted by atomic mass is 9.98. The van der Waals surface area contributed by atoms with E-state index >= 15 is 0 Å². The van der Waals surface area contributed by atoms with Gasteiger partial charge in [-0.05, 0) is 32.1 Å². The van der Waals surface area contributed by atoms with Crippen LogP contribution in [0, 0.1) is 0 Å². The van der Waals surface area contributed by atoms with Crippen LogP contribution in [0.3, 0.4) is 0 Å². The maximum atomic E-state index is 13.0. The molecule has 2 saturated heterocycles. The van der Waals surface area contributed by atoms with Gasteiger partial charge in [-0.2, -0.15) is 0 Å². The Bertz CT molecular complexity index is 1240. The summed E-state index contributed by atoms with van der Waals surface area (Å²) in [5.74, 6) is -0.915. The van der Waals surface area contributed by atoms with Gasteiger partial charge in [-0.1, -0.05) is 187 Å². The quantitative estimate of drug-likeness (QED) is 0.0174. The second-order valence-electron chi connectivity index (χ2n) is 19.4. The number of rotatable bonds is 43. The van der Waals surface area contributed by atoms with Crippen molar-refractivity contribution in [1.82, 2.24) is 0 Å². The molecular formula is C53H98O15. The van der Waals surface area contributed by atoms with E-state index in [2.05, 4.69) is 26.0 Å². The third-order valence-electron chi connectivity index (χ3n) is 13.2. The second-order valence-corrected chi connectivity index (χ2v) is 19.4. The predicted molar refractivity (Wildman–Crippen MR) is 261 cm³/mol. The lowest BCUT2D eigenvalue weighted by Crippen LogP contribution is -2.61. The van der Waals surface area contributed by atoms with Crippen molar-refractivity contribution >= 4 is 11.9 Å². The van der Waals surface area contributed by atoms with Gasteiger partial charge >= 0.3 is 11.9 Å². The number of esters is 2. The van der Waals surface area contributed by atoms with Crippen LogP contribution in [-0.4, -0.2) is 142 Å². The van der Waals surface area contributed by atoms with E-state index in [1.165, 1.54) is 141 Å². The third kappa shape index (κ3) is 28.3. The van der Waals surface area contributed by atoms with Gasteiger partial charge in [0.1, 0.15) is 55.4 Å². The van der Waals surface area contributed by atoms with Crippen molar-refractivity contribution in [2.75, 3.05) is 26.4 Å². The molecule has 2 aliphatic heterocycles. The Morgan fingerprint density at radius 1 is 0.456 bits per heavy atom. The van der Waals surface area contributed by atoms with Crippen LogP contribution in [0.1, 0.15) is 219 Å². The molecule has 2 fully saturated rings. The van der Waals surface area contributed by atoms with Crippen molar-refractivity contribution in [2.24, 2.45) is 0 Å². The number of allylic oxidation sites excluding steroid dienone is 2. The molecule has 0 bridgehead atoms. The number of ether oxygens (including phenoxy) is 6. The lowest BCUT2D eigenvalue weighted by molar-refractivity contribution is -0.332. The molecular weight excluding hydrogens is 877 g/mol. The second kappa shape index (κ2) is 40.8. The number of aliphatic hydroxyl groups is 7. The highest BCUT2D eigenvalue weighted by Gasteiger charge is 2.47. The number of hydrogen-bond acceptors (Lipinski definition) is 15. The zero-order chi connectivity index (χ0) is 49.6. The van der Waals surface area contributed by atoms with Crippen molar-refractivity contribution < 1.29 is 73.8 Å². The molecule has 15 heteroatoms. The van der Waals surface area contributed by atoms with Gasteiger partial charge in [0.25, 0.3) is 0 Å². The van der Waals surface area contributed by atoms with Gasteiger partial charge in [-0.3, -0.25) is 9.59 Å². The van der Waals surface area contributed by atoms with Crippen LogP contribution in [-0.2, 0) is 38.0 Å². The predicted octanol–water partition coefficient (Wildman–Crippen LogP) is 8.16. The summed E-state index contributed by atoms with van der Waals surface area (Å²) in [7, 11) is 0. The normalized spacial score (nSPS) is 25.8. The highest BCUT2D eigenvalue weighted by molar-refractivity contribution is 5.70. The van der Waals surface area contributed by atoms with Gasteiger partial charge < -0.3 is 64.2 Å². The molecule has 400 valence electrons. The van der Waals surface area contributed by atoms with Gasteiger partial charge in [-0.15, -0.1) is 0 Å². The van der Waals surface area contributed by atoms with Crippen molar-refractivity contribution in [3.8, 4) is 0 Å². The van der Waals surface area contributed by atoms with E-state index in [0.29, 0.717) is 12.8 Å². The van der Waals surface area contributed by atoms with E-state index in [1.807, 2.05) is 0 Å². The zero-order valence-electron chi connectivity index (χ0n) is 42.4. The molecule has 0 aliphatic carbocycles. The van der Waals surface area contributed by atoms with Gasteiger partial charge in [0.05, 0.1) is 19.8 Å². The molecule has 0 radical (unpaired) electrons. The van der Waals surface area contributed by atoms with Crippen LogP contribution < -0.4 is 0 Å². The minimum Gasteiger partial charge on any atom is -0.462 e. The molecule has 2 rings (SSSR count). The summed E-state index contributed by atoms with van der Waals surface area (Å²) in [6.07, 6.45) is 23.7. The number of hydrogen-bond donors (Lipinski definition) is 7. The highest BCUT2D eigenvalue weighted by atomic mass is 16.7. The fourth-order valence-electron chi connectivity index (χ4n) is 8.73. The summed E-state index contributed by atoms with van der Waals surface area (Å²) in [5, 5.41) is 72.1. The van der Waals surface area contributed by atoms with E-state index in [1.54, 1.807) is 0 Å². The Balaban J connectivity index is 1.78. The van der Waals surface area contributed by atoms with Gasteiger partial charge in [-0.25, -0.2) is 0 Å². The van der Waals surface area contributed by atoms with E-state index in [4.69, 9.17) is 28.4 Å². The van der Waals surface area contributed by atoms with Crippen LogP contribution in [0.25, 0.3) is 0 Å². The first kappa shape index (κ1) is 62.4. The largest absolute Gasteiger partial charge is 0.462 e. The number of carbonyl (C=O) groups is 2. The first-order chi connectivity index (χ1) is 33.0. The maximum absolute atomic E-state index is 13.0.